The van der Waals surface area contributed by atoms with E-state index in [9.17, 15) is 14.7 Å². The number of nitrogens with zero attached hydrogens (tertiary/aromatic N) is 2. The molecule has 0 unspecified atom stereocenters. The molecule has 6 nitrogen and oxygen atoms in total. The number of anilines is 1. The van der Waals surface area contributed by atoms with Gasteiger partial charge < -0.3 is 10.4 Å². The Hall–Kier alpha value is -3.19. The molecule has 0 bridgehead atoms. The van der Waals surface area contributed by atoms with Crippen molar-refractivity contribution >= 4 is 29.2 Å². The van der Waals surface area contributed by atoms with Crippen LogP contribution in [0.2, 0.25) is 5.02 Å². The molecule has 3 aromatic rings. The third kappa shape index (κ3) is 3.88. The lowest BCUT2D eigenvalue weighted by Gasteiger charge is -2.25. The van der Waals surface area contributed by atoms with E-state index in [0.717, 1.165) is 24.8 Å². The Balaban J connectivity index is 1.36. The van der Waals surface area contributed by atoms with Crippen LogP contribution in [0.25, 0.3) is 11.1 Å². The fraction of sp³-hybridized carbons (Fsp3) is 0.292. The average molecular weight is 454 g/mol. The molecule has 0 spiro atoms. The summed E-state index contributed by atoms with van der Waals surface area (Å²) in [6.45, 7) is 0. The third-order valence-corrected chi connectivity index (χ3v) is 6.60. The van der Waals surface area contributed by atoms with Gasteiger partial charge in [-0.1, -0.05) is 23.7 Å². The Morgan fingerprint density at radius 1 is 1.19 bits per heavy atom. The molecule has 0 radical (unpaired) electrons. The molecule has 8 heteroatoms. The van der Waals surface area contributed by atoms with E-state index < -0.39 is 11.8 Å². The fourth-order valence-corrected chi connectivity index (χ4v) is 4.38. The number of hydrogen-bond donors (Lipinski definition) is 2. The summed E-state index contributed by atoms with van der Waals surface area (Å²) in [6.07, 6.45) is 7.01. The van der Waals surface area contributed by atoms with Crippen LogP contribution in [0.1, 0.15) is 53.6 Å². The highest BCUT2D eigenvalue weighted by Gasteiger charge is 2.44. The predicted molar refractivity (Wildman–Crippen MR) is 118 cm³/mol. The van der Waals surface area contributed by atoms with E-state index in [2.05, 4.69) is 10.4 Å². The molecule has 1 amide bonds. The van der Waals surface area contributed by atoms with Gasteiger partial charge in [-0.2, -0.15) is 5.10 Å². The highest BCUT2D eigenvalue weighted by atomic mass is 35.5. The minimum Gasteiger partial charge on any atom is -0.478 e. The molecule has 2 aliphatic rings. The summed E-state index contributed by atoms with van der Waals surface area (Å²) in [6, 6.07) is 10.1. The quantitative estimate of drug-likeness (QED) is 0.515. The number of carboxylic acid groups (broad SMARTS) is 1. The van der Waals surface area contributed by atoms with E-state index in [1.807, 2.05) is 12.1 Å². The normalized spacial score (nSPS) is 19.9. The first-order chi connectivity index (χ1) is 15.4. The number of halogens is 2. The molecule has 5 rings (SSSR count). The molecule has 0 saturated heterocycles. The van der Waals surface area contributed by atoms with Crippen LogP contribution >= 0.6 is 11.6 Å². The van der Waals surface area contributed by atoms with Crippen molar-refractivity contribution in [2.75, 3.05) is 5.32 Å². The molecule has 2 aliphatic carbocycles. The van der Waals surface area contributed by atoms with Gasteiger partial charge in [0.2, 0.25) is 5.91 Å². The molecular formula is C24H21ClFN3O3. The Labute approximate surface area is 189 Å². The maximum Gasteiger partial charge on any atom is 0.336 e. The van der Waals surface area contributed by atoms with E-state index in [4.69, 9.17) is 11.6 Å². The maximum absolute atomic E-state index is 15.0. The summed E-state index contributed by atoms with van der Waals surface area (Å²) in [7, 11) is 0. The Kier molecular flexibility index (Phi) is 5.21. The summed E-state index contributed by atoms with van der Waals surface area (Å²) in [4.78, 5) is 24.6. The minimum atomic E-state index is -1.27. The molecule has 1 heterocycles. The monoisotopic (exact) mass is 453 g/mol. The molecule has 164 valence electrons. The summed E-state index contributed by atoms with van der Waals surface area (Å²) in [5.41, 5.74) is 1.33. The maximum atomic E-state index is 15.0. The SMILES string of the molecule is O=C(O)c1cc(NC(=O)[C@@H]2C[C@H]2c2ccc(Cl)cc2)cc(F)c1-c1cnn(C2CCC2)c1. The van der Waals surface area contributed by atoms with Crippen molar-refractivity contribution in [3.63, 3.8) is 0 Å². The topological polar surface area (TPSA) is 84.2 Å². The van der Waals surface area contributed by atoms with Crippen molar-refractivity contribution < 1.29 is 19.1 Å². The highest BCUT2D eigenvalue weighted by Crippen LogP contribution is 2.48. The van der Waals surface area contributed by atoms with E-state index in [0.29, 0.717) is 17.0 Å². The minimum absolute atomic E-state index is 0.0217. The smallest absolute Gasteiger partial charge is 0.336 e. The van der Waals surface area contributed by atoms with E-state index in [1.165, 1.54) is 18.3 Å². The zero-order valence-electron chi connectivity index (χ0n) is 17.1. The molecule has 1 aromatic heterocycles. The molecule has 32 heavy (non-hydrogen) atoms. The van der Waals surface area contributed by atoms with Gasteiger partial charge in [0.15, 0.2) is 0 Å². The molecule has 0 aliphatic heterocycles. The number of rotatable bonds is 6. The lowest BCUT2D eigenvalue weighted by atomic mass is 9.93. The van der Waals surface area contributed by atoms with E-state index in [-0.39, 0.29) is 40.6 Å². The number of amides is 1. The van der Waals surface area contributed by atoms with Crippen molar-refractivity contribution in [1.82, 2.24) is 9.78 Å². The van der Waals surface area contributed by atoms with Gasteiger partial charge in [0, 0.05) is 34.0 Å². The number of carboxylic acids is 1. The molecule has 2 saturated carbocycles. The number of aromatic nitrogens is 2. The number of aromatic carboxylic acids is 1. The first kappa shape index (κ1) is 20.7. The summed E-state index contributed by atoms with van der Waals surface area (Å²) in [5, 5.41) is 17.3. The summed E-state index contributed by atoms with van der Waals surface area (Å²) < 4.78 is 16.8. The third-order valence-electron chi connectivity index (χ3n) is 6.35. The number of carbonyl (C=O) groups excluding carboxylic acids is 1. The second kappa shape index (κ2) is 8.06. The van der Waals surface area contributed by atoms with Gasteiger partial charge in [0.05, 0.1) is 17.8 Å². The summed E-state index contributed by atoms with van der Waals surface area (Å²) in [5.74, 6) is -2.40. The van der Waals surface area contributed by atoms with E-state index >= 15 is 4.39 Å². The molecule has 2 fully saturated rings. The van der Waals surface area contributed by atoms with Crippen molar-refractivity contribution in [2.45, 2.75) is 37.6 Å². The van der Waals surface area contributed by atoms with Crippen LogP contribution in [0.4, 0.5) is 10.1 Å². The zero-order valence-corrected chi connectivity index (χ0v) is 17.8. The van der Waals surface area contributed by atoms with Crippen molar-refractivity contribution in [3.05, 3.63) is 70.8 Å². The number of benzene rings is 2. The van der Waals surface area contributed by atoms with Crippen molar-refractivity contribution in [3.8, 4) is 11.1 Å². The van der Waals surface area contributed by atoms with Crippen molar-refractivity contribution in [1.29, 1.82) is 0 Å². The Morgan fingerprint density at radius 3 is 2.59 bits per heavy atom. The molecule has 2 N–H and O–H groups in total. The Bertz CT molecular complexity index is 1200. The van der Waals surface area contributed by atoms with E-state index in [1.54, 1.807) is 23.0 Å². The second-order valence-electron chi connectivity index (χ2n) is 8.47. The predicted octanol–water partition coefficient (Wildman–Crippen LogP) is 5.51. The zero-order chi connectivity index (χ0) is 22.4. The van der Waals surface area contributed by atoms with Crippen LogP contribution in [-0.2, 0) is 4.79 Å². The van der Waals surface area contributed by atoms with Gasteiger partial charge >= 0.3 is 5.97 Å². The lowest BCUT2D eigenvalue weighted by molar-refractivity contribution is -0.117. The number of carbonyl (C=O) groups is 2. The standard InChI is InChI=1S/C24H21ClFN3O3/c25-15-6-4-13(5-7-15)18-10-19(18)23(30)28-16-8-20(24(31)32)22(21(26)9-16)14-11-27-29(12-14)17-2-1-3-17/h4-9,11-12,17-19H,1-3,10H2,(H,28,30)(H,31,32)/t18-,19+/m0/s1. The fourth-order valence-electron chi connectivity index (χ4n) is 4.26. The van der Waals surface area contributed by atoms with Gasteiger partial charge in [0.1, 0.15) is 5.82 Å². The van der Waals surface area contributed by atoms with Gasteiger partial charge in [-0.15, -0.1) is 0 Å². The van der Waals surface area contributed by atoms with Gasteiger partial charge in [-0.05, 0) is 61.4 Å². The molecular weight excluding hydrogens is 433 g/mol. The van der Waals surface area contributed by atoms with Crippen LogP contribution in [0.5, 0.6) is 0 Å². The van der Waals surface area contributed by atoms with Gasteiger partial charge in [-0.25, -0.2) is 9.18 Å². The second-order valence-corrected chi connectivity index (χ2v) is 8.91. The molecule has 2 aromatic carbocycles. The van der Waals surface area contributed by atoms with Crippen LogP contribution in [-0.4, -0.2) is 26.8 Å². The van der Waals surface area contributed by atoms with Gasteiger partial charge in [0.25, 0.3) is 0 Å². The van der Waals surface area contributed by atoms with Crippen LogP contribution in [0.15, 0.2) is 48.8 Å². The molecule has 2 atom stereocenters. The summed E-state index contributed by atoms with van der Waals surface area (Å²) >= 11 is 5.91. The first-order valence-electron chi connectivity index (χ1n) is 10.6. The first-order valence-corrected chi connectivity index (χ1v) is 11.0. The lowest BCUT2D eigenvalue weighted by Crippen LogP contribution is -2.17. The number of nitrogens with one attached hydrogen (secondary N) is 1. The van der Waals surface area contributed by atoms with Crippen molar-refractivity contribution in [2.24, 2.45) is 5.92 Å². The largest absolute Gasteiger partial charge is 0.478 e. The average Bonchev–Trinajstić information content (AvgIpc) is 3.38. The van der Waals surface area contributed by atoms with Crippen LogP contribution in [0.3, 0.4) is 0 Å². The van der Waals surface area contributed by atoms with Crippen LogP contribution in [0, 0.1) is 11.7 Å². The van der Waals surface area contributed by atoms with Crippen LogP contribution < -0.4 is 5.32 Å². The Morgan fingerprint density at radius 2 is 1.94 bits per heavy atom. The highest BCUT2D eigenvalue weighted by molar-refractivity contribution is 6.30. The van der Waals surface area contributed by atoms with Gasteiger partial charge in [-0.3, -0.25) is 9.48 Å². The number of hydrogen-bond acceptors (Lipinski definition) is 3.